The standard InChI is InChI=1S/C27H21FO4/c1-3-4-26(29)31-21-10-12-22(13-11-21)32-27-24(18-5-8-20(28)9-6-18)15-7-19-17-23(30-2)14-16-25(19)27/h3,5-17H,1,4H2,2H3. The lowest BCUT2D eigenvalue weighted by Gasteiger charge is -2.15. The maximum absolute atomic E-state index is 13.5. The summed E-state index contributed by atoms with van der Waals surface area (Å²) < 4.78 is 30.4. The first-order valence-corrected chi connectivity index (χ1v) is 10.0. The number of carbonyl (C=O) groups excluding carboxylic acids is 1. The zero-order chi connectivity index (χ0) is 22.5. The van der Waals surface area contributed by atoms with Gasteiger partial charge >= 0.3 is 5.97 Å². The first kappa shape index (κ1) is 21.1. The van der Waals surface area contributed by atoms with Gasteiger partial charge < -0.3 is 14.2 Å². The maximum atomic E-state index is 13.5. The molecule has 32 heavy (non-hydrogen) atoms. The van der Waals surface area contributed by atoms with Crippen LogP contribution in [0.1, 0.15) is 6.42 Å². The Morgan fingerprint density at radius 3 is 2.28 bits per heavy atom. The number of methoxy groups -OCH3 is 1. The van der Waals surface area contributed by atoms with Crippen molar-refractivity contribution in [2.75, 3.05) is 7.11 Å². The van der Waals surface area contributed by atoms with Crippen molar-refractivity contribution in [3.05, 3.63) is 97.3 Å². The molecule has 0 atom stereocenters. The molecule has 0 saturated carbocycles. The van der Waals surface area contributed by atoms with Crippen molar-refractivity contribution < 1.29 is 23.4 Å². The first-order valence-electron chi connectivity index (χ1n) is 10.0. The van der Waals surface area contributed by atoms with Crippen molar-refractivity contribution in [2.45, 2.75) is 6.42 Å². The molecule has 0 heterocycles. The average molecular weight is 428 g/mol. The van der Waals surface area contributed by atoms with Crippen molar-refractivity contribution in [3.63, 3.8) is 0 Å². The minimum atomic E-state index is -0.379. The number of rotatable bonds is 7. The summed E-state index contributed by atoms with van der Waals surface area (Å²) in [6.07, 6.45) is 1.63. The lowest BCUT2D eigenvalue weighted by atomic mass is 9.99. The molecule has 4 aromatic rings. The molecule has 5 heteroatoms. The van der Waals surface area contributed by atoms with Crippen molar-refractivity contribution in [1.82, 2.24) is 0 Å². The summed E-state index contributed by atoms with van der Waals surface area (Å²) in [6.45, 7) is 3.53. The smallest absolute Gasteiger partial charge is 0.315 e. The summed E-state index contributed by atoms with van der Waals surface area (Å²) in [4.78, 5) is 11.7. The van der Waals surface area contributed by atoms with E-state index in [2.05, 4.69) is 6.58 Å². The molecule has 0 radical (unpaired) electrons. The van der Waals surface area contributed by atoms with E-state index in [4.69, 9.17) is 14.2 Å². The van der Waals surface area contributed by atoms with Gasteiger partial charge in [-0.15, -0.1) is 6.58 Å². The number of carbonyl (C=O) groups is 1. The minimum Gasteiger partial charge on any atom is -0.497 e. The summed E-state index contributed by atoms with van der Waals surface area (Å²) in [5, 5.41) is 1.83. The molecule has 0 aromatic heterocycles. The molecular weight excluding hydrogens is 407 g/mol. The van der Waals surface area contributed by atoms with Gasteiger partial charge in [0.05, 0.1) is 13.5 Å². The van der Waals surface area contributed by atoms with E-state index in [0.717, 1.165) is 27.6 Å². The number of esters is 1. The molecule has 4 nitrogen and oxygen atoms in total. The van der Waals surface area contributed by atoms with E-state index in [0.29, 0.717) is 17.2 Å². The number of fused-ring (bicyclic) bond motifs is 1. The topological polar surface area (TPSA) is 44.8 Å². The predicted molar refractivity (Wildman–Crippen MR) is 123 cm³/mol. The molecule has 0 spiro atoms. The summed E-state index contributed by atoms with van der Waals surface area (Å²) in [6, 6.07) is 22.7. The van der Waals surface area contributed by atoms with Crippen molar-refractivity contribution in [3.8, 4) is 34.1 Å². The van der Waals surface area contributed by atoms with Gasteiger partial charge in [-0.25, -0.2) is 4.39 Å². The predicted octanol–water partition coefficient (Wildman–Crippen LogP) is 6.93. The van der Waals surface area contributed by atoms with Gasteiger partial charge in [0.2, 0.25) is 0 Å². The lowest BCUT2D eigenvalue weighted by Crippen LogP contribution is -2.05. The fourth-order valence-corrected chi connectivity index (χ4v) is 3.36. The van der Waals surface area contributed by atoms with Crippen LogP contribution in [0.5, 0.6) is 23.0 Å². The third-order valence-electron chi connectivity index (χ3n) is 4.92. The van der Waals surface area contributed by atoms with Gasteiger partial charge in [0, 0.05) is 10.9 Å². The Kier molecular flexibility index (Phi) is 6.17. The Morgan fingerprint density at radius 1 is 0.906 bits per heavy atom. The van der Waals surface area contributed by atoms with Crippen LogP contribution in [0.25, 0.3) is 21.9 Å². The Morgan fingerprint density at radius 2 is 1.59 bits per heavy atom. The van der Waals surface area contributed by atoms with Crippen LogP contribution in [0, 0.1) is 5.82 Å². The highest BCUT2D eigenvalue weighted by atomic mass is 19.1. The Hall–Kier alpha value is -4.12. The molecule has 0 N–H and O–H groups in total. The third kappa shape index (κ3) is 4.62. The van der Waals surface area contributed by atoms with Gasteiger partial charge in [-0.1, -0.05) is 24.3 Å². The van der Waals surface area contributed by atoms with E-state index in [1.165, 1.54) is 18.2 Å². The van der Waals surface area contributed by atoms with E-state index in [1.54, 1.807) is 43.5 Å². The molecule has 4 rings (SSSR count). The second-order valence-electron chi connectivity index (χ2n) is 7.08. The number of benzene rings is 4. The summed E-state index contributed by atoms with van der Waals surface area (Å²) in [5.74, 6) is 1.68. The van der Waals surface area contributed by atoms with E-state index in [-0.39, 0.29) is 18.2 Å². The maximum Gasteiger partial charge on any atom is 0.315 e. The molecule has 0 unspecified atom stereocenters. The molecule has 0 amide bonds. The van der Waals surface area contributed by atoms with Crippen LogP contribution in [-0.4, -0.2) is 13.1 Å². The zero-order valence-corrected chi connectivity index (χ0v) is 17.5. The van der Waals surface area contributed by atoms with Gasteiger partial charge in [0.15, 0.2) is 0 Å². The van der Waals surface area contributed by atoms with E-state index >= 15 is 0 Å². The van der Waals surface area contributed by atoms with Crippen LogP contribution in [0.2, 0.25) is 0 Å². The quantitative estimate of drug-likeness (QED) is 0.182. The van der Waals surface area contributed by atoms with E-state index < -0.39 is 0 Å². The summed E-state index contributed by atoms with van der Waals surface area (Å²) >= 11 is 0. The number of hydrogen-bond acceptors (Lipinski definition) is 4. The van der Waals surface area contributed by atoms with Crippen LogP contribution in [0.15, 0.2) is 91.5 Å². The monoisotopic (exact) mass is 428 g/mol. The highest BCUT2D eigenvalue weighted by Gasteiger charge is 2.14. The summed E-state index contributed by atoms with van der Waals surface area (Å²) in [7, 11) is 1.62. The third-order valence-corrected chi connectivity index (χ3v) is 4.92. The highest BCUT2D eigenvalue weighted by molar-refractivity contribution is 5.96. The number of hydrogen-bond donors (Lipinski definition) is 0. The highest BCUT2D eigenvalue weighted by Crippen LogP contribution is 2.40. The van der Waals surface area contributed by atoms with Crippen LogP contribution in [-0.2, 0) is 4.79 Å². The second-order valence-corrected chi connectivity index (χ2v) is 7.08. The van der Waals surface area contributed by atoms with Crippen molar-refractivity contribution in [1.29, 1.82) is 0 Å². The van der Waals surface area contributed by atoms with Gasteiger partial charge in [0.25, 0.3) is 0 Å². The minimum absolute atomic E-state index is 0.138. The van der Waals surface area contributed by atoms with Gasteiger partial charge in [-0.2, -0.15) is 0 Å². The fraction of sp³-hybridized carbons (Fsp3) is 0.0741. The number of ether oxygens (including phenoxy) is 3. The Balaban J connectivity index is 1.73. The molecule has 0 fully saturated rings. The normalized spacial score (nSPS) is 10.6. The van der Waals surface area contributed by atoms with Crippen LogP contribution in [0.4, 0.5) is 4.39 Å². The van der Waals surface area contributed by atoms with E-state index in [1.807, 2.05) is 30.3 Å². The van der Waals surface area contributed by atoms with Gasteiger partial charge in [-0.05, 0) is 71.6 Å². The number of halogens is 1. The molecule has 0 aliphatic heterocycles. The lowest BCUT2D eigenvalue weighted by molar-refractivity contribution is -0.133. The van der Waals surface area contributed by atoms with Crippen LogP contribution in [0.3, 0.4) is 0 Å². The first-order chi connectivity index (χ1) is 15.6. The zero-order valence-electron chi connectivity index (χ0n) is 17.5. The molecular formula is C27H21FO4. The fourth-order valence-electron chi connectivity index (χ4n) is 3.36. The molecule has 0 bridgehead atoms. The Labute approximate surface area is 185 Å². The molecule has 160 valence electrons. The van der Waals surface area contributed by atoms with Crippen molar-refractivity contribution >= 4 is 16.7 Å². The van der Waals surface area contributed by atoms with Gasteiger partial charge in [0.1, 0.15) is 28.8 Å². The van der Waals surface area contributed by atoms with Gasteiger partial charge in [-0.3, -0.25) is 4.79 Å². The SMILES string of the molecule is C=CCC(=O)Oc1ccc(Oc2c(-c3ccc(F)cc3)ccc3cc(OC)ccc23)cc1. The van der Waals surface area contributed by atoms with Crippen LogP contribution >= 0.6 is 0 Å². The van der Waals surface area contributed by atoms with Crippen LogP contribution < -0.4 is 14.2 Å². The molecule has 0 saturated heterocycles. The average Bonchev–Trinajstić information content (AvgIpc) is 2.81. The second kappa shape index (κ2) is 9.35. The largest absolute Gasteiger partial charge is 0.497 e. The molecule has 0 aliphatic rings. The molecule has 0 aliphatic carbocycles. The molecule has 4 aromatic carbocycles. The summed E-state index contributed by atoms with van der Waals surface area (Å²) in [5.41, 5.74) is 1.65. The Bertz CT molecular complexity index is 1260. The van der Waals surface area contributed by atoms with E-state index in [9.17, 15) is 9.18 Å². The van der Waals surface area contributed by atoms with Crippen molar-refractivity contribution in [2.24, 2.45) is 0 Å².